The van der Waals surface area contributed by atoms with Crippen molar-refractivity contribution < 1.29 is 15.0 Å². The summed E-state index contributed by atoms with van der Waals surface area (Å²) in [6, 6.07) is 10.1. The van der Waals surface area contributed by atoms with Crippen molar-refractivity contribution in [1.29, 1.82) is 0 Å². The Morgan fingerprint density at radius 3 is 2.71 bits per heavy atom. The second kappa shape index (κ2) is 4.96. The number of nitrogens with one attached hydrogen (secondary N) is 1. The lowest BCUT2D eigenvalue weighted by Crippen LogP contribution is -2.44. The van der Waals surface area contributed by atoms with Crippen molar-refractivity contribution in [2.75, 3.05) is 11.9 Å². The minimum atomic E-state index is -0.559. The molecule has 0 radical (unpaired) electrons. The van der Waals surface area contributed by atoms with E-state index in [1.54, 1.807) is 12.1 Å². The van der Waals surface area contributed by atoms with Gasteiger partial charge in [0.15, 0.2) is 0 Å². The fourth-order valence-electron chi connectivity index (χ4n) is 2.51. The molecule has 0 saturated heterocycles. The average Bonchev–Trinajstić information content (AvgIpc) is 2.47. The molecule has 1 unspecified atom stereocenters. The number of benzene rings is 2. The van der Waals surface area contributed by atoms with E-state index >= 15 is 0 Å². The minimum Gasteiger partial charge on any atom is -0.508 e. The van der Waals surface area contributed by atoms with Crippen LogP contribution in [0.1, 0.15) is 22.1 Å². The fraction of sp³-hybridized carbons (Fsp3) is 0.133. The summed E-state index contributed by atoms with van der Waals surface area (Å²) in [5, 5.41) is 22.7. The lowest BCUT2D eigenvalue weighted by atomic mass is 10.0. The molecular weight excluding hydrogens is 336 g/mol. The summed E-state index contributed by atoms with van der Waals surface area (Å²) >= 11 is 3.19. The molecule has 0 fully saturated rings. The van der Waals surface area contributed by atoms with Crippen LogP contribution in [-0.2, 0) is 0 Å². The Bertz CT molecular complexity index is 733. The number of fused-ring (bicyclic) bond motifs is 1. The predicted octanol–water partition coefficient (Wildman–Crippen LogP) is 2.74. The second-order valence-corrected chi connectivity index (χ2v) is 5.72. The van der Waals surface area contributed by atoms with Gasteiger partial charge in [0.1, 0.15) is 17.7 Å². The molecule has 5 nitrogen and oxygen atoms in total. The number of amides is 1. The van der Waals surface area contributed by atoms with Crippen molar-refractivity contribution in [2.24, 2.45) is 0 Å². The van der Waals surface area contributed by atoms with Crippen LogP contribution in [0.5, 0.6) is 11.5 Å². The third kappa shape index (κ3) is 2.21. The summed E-state index contributed by atoms with van der Waals surface area (Å²) in [6.45, 7) is 0. The maximum absolute atomic E-state index is 12.2. The maximum Gasteiger partial charge on any atom is 0.255 e. The summed E-state index contributed by atoms with van der Waals surface area (Å²) in [5.41, 5.74) is 1.77. The van der Waals surface area contributed by atoms with Gasteiger partial charge >= 0.3 is 0 Å². The van der Waals surface area contributed by atoms with Gasteiger partial charge in [-0.15, -0.1) is 0 Å². The largest absolute Gasteiger partial charge is 0.508 e. The number of hydrogen-bond acceptors (Lipinski definition) is 4. The molecule has 3 N–H and O–H groups in total. The van der Waals surface area contributed by atoms with Gasteiger partial charge < -0.3 is 20.4 Å². The van der Waals surface area contributed by atoms with E-state index in [2.05, 4.69) is 21.2 Å². The first kappa shape index (κ1) is 13.8. The zero-order valence-electron chi connectivity index (χ0n) is 11.2. The highest BCUT2D eigenvalue weighted by Crippen LogP contribution is 2.40. The lowest BCUT2D eigenvalue weighted by molar-refractivity contribution is 0.0927. The van der Waals surface area contributed by atoms with Gasteiger partial charge in [0.05, 0.1) is 15.7 Å². The molecule has 1 atom stereocenters. The Morgan fingerprint density at radius 1 is 1.24 bits per heavy atom. The van der Waals surface area contributed by atoms with Crippen LogP contribution < -0.4 is 10.2 Å². The van der Waals surface area contributed by atoms with Crippen LogP contribution >= 0.6 is 15.9 Å². The van der Waals surface area contributed by atoms with Crippen molar-refractivity contribution in [1.82, 2.24) is 5.32 Å². The number of halogens is 1. The van der Waals surface area contributed by atoms with Crippen LogP contribution in [0.3, 0.4) is 0 Å². The number of phenolic OH excluding ortho intramolecular Hbond substituents is 2. The number of hydrogen-bond donors (Lipinski definition) is 3. The number of carbonyl (C=O) groups is 1. The summed E-state index contributed by atoms with van der Waals surface area (Å²) in [5.74, 6) is -0.215. The van der Waals surface area contributed by atoms with Gasteiger partial charge in [-0.3, -0.25) is 4.79 Å². The molecule has 0 saturated carbocycles. The number of phenols is 2. The summed E-state index contributed by atoms with van der Waals surface area (Å²) in [6.07, 6.45) is -0.559. The van der Waals surface area contributed by atoms with E-state index in [1.165, 1.54) is 12.1 Å². The highest BCUT2D eigenvalue weighted by Gasteiger charge is 2.31. The van der Waals surface area contributed by atoms with Gasteiger partial charge in [-0.2, -0.15) is 0 Å². The Hall–Kier alpha value is -2.21. The van der Waals surface area contributed by atoms with Crippen LogP contribution in [0, 0.1) is 0 Å². The Morgan fingerprint density at radius 2 is 1.95 bits per heavy atom. The van der Waals surface area contributed by atoms with Crippen LogP contribution in [0.2, 0.25) is 0 Å². The van der Waals surface area contributed by atoms with Gasteiger partial charge in [-0.25, -0.2) is 0 Å². The standard InChI is InChI=1S/C15H13BrN2O3/c1-18-12-5-3-2-4-9(12)15(21)17-14(18)10-6-8(19)7-11(16)13(10)20/h2-7,14,19-20H,1H3,(H,17,21). The lowest BCUT2D eigenvalue weighted by Gasteiger charge is -2.36. The monoisotopic (exact) mass is 348 g/mol. The van der Waals surface area contributed by atoms with Crippen LogP contribution in [0.4, 0.5) is 5.69 Å². The topological polar surface area (TPSA) is 72.8 Å². The van der Waals surface area contributed by atoms with E-state index in [4.69, 9.17) is 0 Å². The van der Waals surface area contributed by atoms with Crippen molar-refractivity contribution in [3.05, 3.63) is 52.0 Å². The third-order valence-corrected chi connectivity index (χ3v) is 4.16. The number of aromatic hydroxyl groups is 2. The van der Waals surface area contributed by atoms with Gasteiger partial charge in [0.25, 0.3) is 5.91 Å². The van der Waals surface area contributed by atoms with E-state index in [1.807, 2.05) is 24.1 Å². The zero-order chi connectivity index (χ0) is 15.1. The van der Waals surface area contributed by atoms with E-state index in [0.717, 1.165) is 5.69 Å². The quantitative estimate of drug-likeness (QED) is 0.693. The molecule has 108 valence electrons. The third-order valence-electron chi connectivity index (χ3n) is 3.56. The first-order chi connectivity index (χ1) is 9.99. The van der Waals surface area contributed by atoms with Crippen LogP contribution in [-0.4, -0.2) is 23.2 Å². The Kier molecular flexibility index (Phi) is 3.25. The molecule has 3 rings (SSSR count). The van der Waals surface area contributed by atoms with Crippen molar-refractivity contribution >= 4 is 27.5 Å². The molecule has 0 spiro atoms. The summed E-state index contributed by atoms with van der Waals surface area (Å²) < 4.78 is 0.374. The van der Waals surface area contributed by atoms with Gasteiger partial charge in [-0.1, -0.05) is 12.1 Å². The van der Waals surface area contributed by atoms with Gasteiger partial charge in [-0.05, 0) is 40.2 Å². The van der Waals surface area contributed by atoms with E-state index in [-0.39, 0.29) is 17.4 Å². The number of para-hydroxylation sites is 1. The smallest absolute Gasteiger partial charge is 0.255 e. The number of nitrogens with zero attached hydrogens (tertiary/aromatic N) is 1. The van der Waals surface area contributed by atoms with Crippen LogP contribution in [0.25, 0.3) is 0 Å². The van der Waals surface area contributed by atoms with Crippen molar-refractivity contribution in [3.8, 4) is 11.5 Å². The van der Waals surface area contributed by atoms with Gasteiger partial charge in [0, 0.05) is 12.6 Å². The molecule has 1 aliphatic heterocycles. The molecule has 1 amide bonds. The molecular formula is C15H13BrN2O3. The molecule has 0 bridgehead atoms. The maximum atomic E-state index is 12.2. The number of anilines is 1. The minimum absolute atomic E-state index is 0.00988. The zero-order valence-corrected chi connectivity index (χ0v) is 12.8. The van der Waals surface area contributed by atoms with Crippen molar-refractivity contribution in [2.45, 2.75) is 6.17 Å². The predicted molar refractivity (Wildman–Crippen MR) is 82.5 cm³/mol. The molecule has 0 aliphatic carbocycles. The summed E-state index contributed by atoms with van der Waals surface area (Å²) in [4.78, 5) is 14.0. The molecule has 2 aromatic rings. The van der Waals surface area contributed by atoms with Crippen molar-refractivity contribution in [3.63, 3.8) is 0 Å². The van der Waals surface area contributed by atoms with Gasteiger partial charge in [0.2, 0.25) is 0 Å². The van der Waals surface area contributed by atoms with Crippen LogP contribution in [0.15, 0.2) is 40.9 Å². The normalized spacial score (nSPS) is 17.3. The first-order valence-electron chi connectivity index (χ1n) is 6.33. The Labute approximate surface area is 130 Å². The second-order valence-electron chi connectivity index (χ2n) is 4.87. The fourth-order valence-corrected chi connectivity index (χ4v) is 2.97. The first-order valence-corrected chi connectivity index (χ1v) is 7.12. The highest BCUT2D eigenvalue weighted by atomic mass is 79.9. The molecule has 1 aliphatic rings. The number of carbonyl (C=O) groups excluding carboxylic acids is 1. The molecule has 0 aromatic heterocycles. The van der Waals surface area contributed by atoms with E-state index in [9.17, 15) is 15.0 Å². The van der Waals surface area contributed by atoms with E-state index in [0.29, 0.717) is 15.6 Å². The molecule has 1 heterocycles. The Balaban J connectivity index is 2.12. The average molecular weight is 349 g/mol. The van der Waals surface area contributed by atoms with E-state index < -0.39 is 6.17 Å². The molecule has 2 aromatic carbocycles. The number of rotatable bonds is 1. The summed E-state index contributed by atoms with van der Waals surface area (Å²) in [7, 11) is 1.82. The molecule has 21 heavy (non-hydrogen) atoms. The SMILES string of the molecule is CN1c2ccccc2C(=O)NC1c1cc(O)cc(Br)c1O. The highest BCUT2D eigenvalue weighted by molar-refractivity contribution is 9.10. The molecule has 6 heteroatoms.